The Morgan fingerprint density at radius 2 is 2.35 bits per heavy atom. The first-order valence-electron chi connectivity index (χ1n) is 4.69. The maximum absolute atomic E-state index is 10.8. The van der Waals surface area contributed by atoms with Gasteiger partial charge >= 0.3 is 5.97 Å². The molecule has 0 aliphatic heterocycles. The van der Waals surface area contributed by atoms with E-state index in [1.54, 1.807) is 12.3 Å². The molecule has 5 nitrogen and oxygen atoms in total. The molecule has 0 aliphatic rings. The number of anilines is 1. The highest BCUT2D eigenvalue weighted by Crippen LogP contribution is 2.17. The van der Waals surface area contributed by atoms with Crippen LogP contribution in [0.2, 0.25) is 5.02 Å². The fraction of sp³-hybridized carbons (Fsp3) is 0.100. The molecule has 0 amide bonds. The summed E-state index contributed by atoms with van der Waals surface area (Å²) in [6.45, 7) is 0.505. The lowest BCUT2D eigenvalue weighted by Gasteiger charge is -2.05. The van der Waals surface area contributed by atoms with Gasteiger partial charge in [-0.25, -0.2) is 14.8 Å². The van der Waals surface area contributed by atoms with Gasteiger partial charge < -0.3 is 10.4 Å². The number of rotatable bonds is 4. The van der Waals surface area contributed by atoms with E-state index in [0.29, 0.717) is 12.4 Å². The highest BCUT2D eigenvalue weighted by Gasteiger charge is 2.11. The van der Waals surface area contributed by atoms with Crippen molar-refractivity contribution in [2.24, 2.45) is 0 Å². The molecule has 0 aromatic carbocycles. The molecule has 2 aromatic rings. The second-order valence-corrected chi connectivity index (χ2v) is 4.50. The molecule has 2 rings (SSSR count). The van der Waals surface area contributed by atoms with Gasteiger partial charge in [0.05, 0.1) is 11.6 Å². The van der Waals surface area contributed by atoms with Gasteiger partial charge in [0.25, 0.3) is 0 Å². The molecule has 0 unspecified atom stereocenters. The van der Waals surface area contributed by atoms with Crippen molar-refractivity contribution in [1.29, 1.82) is 0 Å². The number of aromatic carboxylic acids is 1. The van der Waals surface area contributed by atoms with Crippen LogP contribution in [0.4, 0.5) is 5.82 Å². The molecule has 2 heterocycles. The van der Waals surface area contributed by atoms with Crippen molar-refractivity contribution >= 4 is 34.7 Å². The highest BCUT2D eigenvalue weighted by atomic mass is 35.5. The summed E-state index contributed by atoms with van der Waals surface area (Å²) in [5.74, 6) is -0.685. The molecule has 0 spiro atoms. The zero-order valence-corrected chi connectivity index (χ0v) is 10.1. The van der Waals surface area contributed by atoms with Gasteiger partial charge in [0.2, 0.25) is 0 Å². The van der Waals surface area contributed by atoms with Crippen molar-refractivity contribution in [1.82, 2.24) is 9.97 Å². The van der Waals surface area contributed by atoms with Gasteiger partial charge in [-0.1, -0.05) is 11.6 Å². The van der Waals surface area contributed by atoms with E-state index >= 15 is 0 Å². The van der Waals surface area contributed by atoms with E-state index in [1.165, 1.54) is 17.4 Å². The maximum Gasteiger partial charge on any atom is 0.356 e. The van der Waals surface area contributed by atoms with Crippen LogP contribution in [0.25, 0.3) is 0 Å². The van der Waals surface area contributed by atoms with Crippen LogP contribution in [0.3, 0.4) is 0 Å². The van der Waals surface area contributed by atoms with Gasteiger partial charge in [-0.05, 0) is 12.1 Å². The van der Waals surface area contributed by atoms with E-state index in [0.717, 1.165) is 5.01 Å². The monoisotopic (exact) mass is 269 g/mol. The molecule has 17 heavy (non-hydrogen) atoms. The topological polar surface area (TPSA) is 75.1 Å². The Balaban J connectivity index is 2.11. The zero-order valence-electron chi connectivity index (χ0n) is 8.55. The lowest BCUT2D eigenvalue weighted by Crippen LogP contribution is -2.06. The summed E-state index contributed by atoms with van der Waals surface area (Å²) < 4.78 is 0. The SMILES string of the molecule is O=C(O)c1nc(NCc2nccs2)ccc1Cl. The summed E-state index contributed by atoms with van der Waals surface area (Å²) in [6.07, 6.45) is 1.71. The first kappa shape index (κ1) is 11.8. The van der Waals surface area contributed by atoms with Gasteiger partial charge in [0, 0.05) is 11.6 Å². The standard InChI is InChI=1S/C10H8ClN3O2S/c11-6-1-2-7(14-9(6)10(15)16)13-5-8-12-3-4-17-8/h1-4H,5H2,(H,13,14)(H,15,16). The van der Waals surface area contributed by atoms with Crippen molar-refractivity contribution in [2.75, 3.05) is 5.32 Å². The minimum Gasteiger partial charge on any atom is -0.476 e. The lowest BCUT2D eigenvalue weighted by molar-refractivity contribution is 0.0691. The van der Waals surface area contributed by atoms with Crippen LogP contribution in [0.15, 0.2) is 23.7 Å². The lowest BCUT2D eigenvalue weighted by atomic mass is 10.3. The first-order chi connectivity index (χ1) is 8.16. The minimum atomic E-state index is -1.15. The molecule has 0 bridgehead atoms. The van der Waals surface area contributed by atoms with Crippen LogP contribution in [-0.2, 0) is 6.54 Å². The number of carboxylic acid groups (broad SMARTS) is 1. The van der Waals surface area contributed by atoms with Crippen LogP contribution in [0, 0.1) is 0 Å². The Labute approximate surface area is 106 Å². The van der Waals surface area contributed by atoms with Gasteiger partial charge in [-0.2, -0.15) is 0 Å². The third kappa shape index (κ3) is 2.92. The third-order valence-electron chi connectivity index (χ3n) is 1.95. The molecular formula is C10H8ClN3O2S. The number of pyridine rings is 1. The predicted molar refractivity (Wildman–Crippen MR) is 65.6 cm³/mol. The Hall–Kier alpha value is -1.66. The van der Waals surface area contributed by atoms with Crippen LogP contribution in [0.5, 0.6) is 0 Å². The normalized spacial score (nSPS) is 10.2. The number of nitrogens with one attached hydrogen (secondary N) is 1. The van der Waals surface area contributed by atoms with E-state index in [9.17, 15) is 4.79 Å². The van der Waals surface area contributed by atoms with Crippen LogP contribution in [-0.4, -0.2) is 21.0 Å². The third-order valence-corrected chi connectivity index (χ3v) is 3.04. The number of halogens is 1. The molecule has 0 fully saturated rings. The van der Waals surface area contributed by atoms with Crippen molar-refractivity contribution < 1.29 is 9.90 Å². The molecule has 0 saturated heterocycles. The van der Waals surface area contributed by atoms with Crippen molar-refractivity contribution in [3.63, 3.8) is 0 Å². The van der Waals surface area contributed by atoms with E-state index in [4.69, 9.17) is 16.7 Å². The molecule has 88 valence electrons. The summed E-state index contributed by atoms with van der Waals surface area (Å²) in [7, 11) is 0. The summed E-state index contributed by atoms with van der Waals surface area (Å²) in [5, 5.41) is 14.7. The summed E-state index contributed by atoms with van der Waals surface area (Å²) >= 11 is 7.22. The molecular weight excluding hydrogens is 262 g/mol. The van der Waals surface area contributed by atoms with E-state index < -0.39 is 5.97 Å². The van der Waals surface area contributed by atoms with E-state index in [1.807, 2.05) is 5.38 Å². The number of hydrogen-bond donors (Lipinski definition) is 2. The summed E-state index contributed by atoms with van der Waals surface area (Å²) in [4.78, 5) is 18.8. The molecule has 2 aromatic heterocycles. The van der Waals surface area contributed by atoms with Crippen molar-refractivity contribution in [2.45, 2.75) is 6.54 Å². The molecule has 7 heteroatoms. The van der Waals surface area contributed by atoms with Crippen molar-refractivity contribution in [3.8, 4) is 0 Å². The van der Waals surface area contributed by atoms with E-state index in [-0.39, 0.29) is 10.7 Å². The van der Waals surface area contributed by atoms with Gasteiger partial charge in [0.15, 0.2) is 5.69 Å². The van der Waals surface area contributed by atoms with Crippen LogP contribution >= 0.6 is 22.9 Å². The fourth-order valence-corrected chi connectivity index (χ4v) is 1.94. The average molecular weight is 270 g/mol. The van der Waals surface area contributed by atoms with Crippen LogP contribution in [0.1, 0.15) is 15.5 Å². The average Bonchev–Trinajstić information content (AvgIpc) is 2.80. The van der Waals surface area contributed by atoms with E-state index in [2.05, 4.69) is 15.3 Å². The minimum absolute atomic E-state index is 0.122. The van der Waals surface area contributed by atoms with Gasteiger partial charge in [-0.3, -0.25) is 0 Å². The number of carbonyl (C=O) groups is 1. The Morgan fingerprint density at radius 1 is 1.53 bits per heavy atom. The Bertz CT molecular complexity index is 530. The summed E-state index contributed by atoms with van der Waals surface area (Å²) in [6, 6.07) is 3.13. The fourth-order valence-electron chi connectivity index (χ4n) is 1.20. The quantitative estimate of drug-likeness (QED) is 0.892. The summed E-state index contributed by atoms with van der Waals surface area (Å²) in [5.41, 5.74) is -0.157. The van der Waals surface area contributed by atoms with Crippen molar-refractivity contribution in [3.05, 3.63) is 39.4 Å². The maximum atomic E-state index is 10.8. The van der Waals surface area contributed by atoms with Gasteiger partial charge in [0.1, 0.15) is 10.8 Å². The molecule has 2 N–H and O–H groups in total. The smallest absolute Gasteiger partial charge is 0.356 e. The molecule has 0 aliphatic carbocycles. The molecule has 0 atom stereocenters. The zero-order chi connectivity index (χ0) is 12.3. The molecule has 0 radical (unpaired) electrons. The van der Waals surface area contributed by atoms with Crippen LogP contribution < -0.4 is 5.32 Å². The number of aromatic nitrogens is 2. The number of hydrogen-bond acceptors (Lipinski definition) is 5. The van der Waals surface area contributed by atoms with Gasteiger partial charge in [-0.15, -0.1) is 11.3 Å². The second kappa shape index (κ2) is 5.11. The Morgan fingerprint density at radius 3 is 3.00 bits per heavy atom. The Kier molecular flexibility index (Phi) is 3.55. The predicted octanol–water partition coefficient (Wildman–Crippen LogP) is 2.50. The second-order valence-electron chi connectivity index (χ2n) is 3.11. The number of thiazole rings is 1. The largest absolute Gasteiger partial charge is 0.476 e. The highest BCUT2D eigenvalue weighted by molar-refractivity contribution is 7.09. The number of carboxylic acids is 1. The number of nitrogens with zero attached hydrogens (tertiary/aromatic N) is 2. The first-order valence-corrected chi connectivity index (χ1v) is 5.94. The molecule has 0 saturated carbocycles.